The summed E-state index contributed by atoms with van der Waals surface area (Å²) < 4.78 is 5.37. The van der Waals surface area contributed by atoms with Crippen LogP contribution in [0.1, 0.15) is 71.3 Å². The highest BCUT2D eigenvalue weighted by atomic mass is 16.6. The van der Waals surface area contributed by atoms with Crippen LogP contribution in [-0.2, 0) is 25.7 Å². The zero-order valence-electron chi connectivity index (χ0n) is 25.2. The van der Waals surface area contributed by atoms with Crippen molar-refractivity contribution in [2.24, 2.45) is 11.8 Å². The monoisotopic (exact) mass is 585 g/mol. The molecule has 42 heavy (non-hydrogen) atoms. The summed E-state index contributed by atoms with van der Waals surface area (Å²) in [5, 5.41) is 8.45. The van der Waals surface area contributed by atoms with Crippen LogP contribution in [0.2, 0.25) is 0 Å². The van der Waals surface area contributed by atoms with Gasteiger partial charge in [0.2, 0.25) is 11.8 Å². The Balaban J connectivity index is 1.69. The summed E-state index contributed by atoms with van der Waals surface area (Å²) in [7, 11) is 0. The van der Waals surface area contributed by atoms with Gasteiger partial charge in [0.25, 0.3) is 0 Å². The minimum atomic E-state index is -0.857. The standard InChI is InChI=1S/C31H47N5O6/c1-4-5-17-42-31(41)35-15-12-26(13-16-35)36(20-23-9-7-6-8-10-23)30(40)34-27(18-22(2)3)29(39)33-25(21-37)19-24-11-14-32-28(24)38/h6-10,21-22,24-27H,4-5,11-20H2,1-3H3,(H,32,38)(H,33,39)(H,34,40)/t24-,25-,27-/m0/s1. The molecule has 232 valence electrons. The number of likely N-dealkylation sites (tertiary alicyclic amines) is 1. The summed E-state index contributed by atoms with van der Waals surface area (Å²) in [6, 6.07) is 7.46. The number of piperidine rings is 1. The van der Waals surface area contributed by atoms with Gasteiger partial charge < -0.3 is 35.3 Å². The van der Waals surface area contributed by atoms with Gasteiger partial charge in [-0.05, 0) is 50.0 Å². The predicted octanol–water partition coefficient (Wildman–Crippen LogP) is 3.22. The van der Waals surface area contributed by atoms with Crippen molar-refractivity contribution in [1.29, 1.82) is 0 Å². The van der Waals surface area contributed by atoms with Crippen LogP contribution in [0.25, 0.3) is 0 Å². The van der Waals surface area contributed by atoms with E-state index in [1.54, 1.807) is 9.80 Å². The third kappa shape index (κ3) is 10.0. The molecule has 0 aliphatic carbocycles. The largest absolute Gasteiger partial charge is 0.449 e. The van der Waals surface area contributed by atoms with Crippen LogP contribution < -0.4 is 16.0 Å². The number of hydrogen-bond acceptors (Lipinski definition) is 6. The highest BCUT2D eigenvalue weighted by Crippen LogP contribution is 2.21. The number of carbonyl (C=O) groups excluding carboxylic acids is 5. The zero-order valence-corrected chi connectivity index (χ0v) is 25.2. The second kappa shape index (κ2) is 16.7. The SMILES string of the molecule is CCCCOC(=O)N1CCC(N(Cc2ccccc2)C(=O)N[C@@H](CC(C)C)C(=O)N[C@H](C=O)C[C@@H]2CCNC2=O)CC1. The molecule has 11 nitrogen and oxygen atoms in total. The fraction of sp³-hybridized carbons (Fsp3) is 0.645. The van der Waals surface area contributed by atoms with Crippen molar-refractivity contribution in [1.82, 2.24) is 25.8 Å². The second-order valence-corrected chi connectivity index (χ2v) is 11.7. The van der Waals surface area contributed by atoms with Crippen LogP contribution in [-0.4, -0.2) is 84.4 Å². The van der Waals surface area contributed by atoms with Gasteiger partial charge >= 0.3 is 12.1 Å². The first kappa shape index (κ1) is 32.9. The smallest absolute Gasteiger partial charge is 0.409 e. The van der Waals surface area contributed by atoms with Crippen LogP contribution in [0, 0.1) is 11.8 Å². The predicted molar refractivity (Wildman–Crippen MR) is 158 cm³/mol. The van der Waals surface area contributed by atoms with E-state index in [1.165, 1.54) is 0 Å². The number of nitrogens with one attached hydrogen (secondary N) is 3. The summed E-state index contributed by atoms with van der Waals surface area (Å²) in [6.45, 7) is 8.22. The lowest BCUT2D eigenvalue weighted by Gasteiger charge is -2.39. The maximum atomic E-state index is 13.8. The van der Waals surface area contributed by atoms with Crippen LogP contribution in [0.4, 0.5) is 9.59 Å². The third-order valence-corrected chi connectivity index (χ3v) is 7.86. The number of rotatable bonds is 14. The van der Waals surface area contributed by atoms with Gasteiger partial charge in [0.15, 0.2) is 0 Å². The minimum Gasteiger partial charge on any atom is -0.449 e. The Labute approximate surface area is 249 Å². The molecule has 2 fully saturated rings. The first-order valence-corrected chi connectivity index (χ1v) is 15.3. The lowest BCUT2D eigenvalue weighted by molar-refractivity contribution is -0.127. The molecule has 0 aromatic heterocycles. The first-order chi connectivity index (χ1) is 20.2. The molecular weight excluding hydrogens is 538 g/mol. The second-order valence-electron chi connectivity index (χ2n) is 11.7. The number of hydrogen-bond donors (Lipinski definition) is 3. The van der Waals surface area contributed by atoms with Crippen LogP contribution in [0.15, 0.2) is 30.3 Å². The molecule has 2 aliphatic heterocycles. The van der Waals surface area contributed by atoms with Gasteiger partial charge in [-0.25, -0.2) is 9.59 Å². The van der Waals surface area contributed by atoms with Gasteiger partial charge in [-0.2, -0.15) is 0 Å². The first-order valence-electron chi connectivity index (χ1n) is 15.3. The van der Waals surface area contributed by atoms with Crippen molar-refractivity contribution in [2.75, 3.05) is 26.2 Å². The Morgan fingerprint density at radius 1 is 1.12 bits per heavy atom. The molecule has 0 bridgehead atoms. The van der Waals surface area contributed by atoms with E-state index in [-0.39, 0.29) is 42.3 Å². The molecule has 2 saturated heterocycles. The highest BCUT2D eigenvalue weighted by molar-refractivity contribution is 5.89. The average Bonchev–Trinajstić information content (AvgIpc) is 3.39. The number of nitrogens with zero attached hydrogens (tertiary/aromatic N) is 2. The van der Waals surface area contributed by atoms with E-state index < -0.39 is 18.0 Å². The molecule has 0 spiro atoms. The molecule has 3 N–H and O–H groups in total. The van der Waals surface area contributed by atoms with Crippen LogP contribution in [0.3, 0.4) is 0 Å². The molecule has 0 radical (unpaired) electrons. The van der Waals surface area contributed by atoms with Gasteiger partial charge in [-0.1, -0.05) is 57.5 Å². The zero-order chi connectivity index (χ0) is 30.5. The number of benzene rings is 1. The molecule has 3 atom stereocenters. The third-order valence-electron chi connectivity index (χ3n) is 7.86. The van der Waals surface area contributed by atoms with Crippen LogP contribution >= 0.6 is 0 Å². The number of unbranched alkanes of at least 4 members (excludes halogenated alkanes) is 1. The Kier molecular flexibility index (Phi) is 13.1. The van der Waals surface area contributed by atoms with Crippen molar-refractivity contribution in [3.8, 4) is 0 Å². The Morgan fingerprint density at radius 2 is 1.83 bits per heavy atom. The minimum absolute atomic E-state index is 0.0980. The molecule has 1 aromatic carbocycles. The maximum absolute atomic E-state index is 13.8. The number of amides is 5. The Bertz CT molecular complexity index is 1040. The van der Waals surface area contributed by atoms with Crippen molar-refractivity contribution < 1.29 is 28.7 Å². The van der Waals surface area contributed by atoms with Crippen molar-refractivity contribution in [2.45, 2.75) is 90.4 Å². The topological polar surface area (TPSA) is 137 Å². The molecular formula is C31H47N5O6. The van der Waals surface area contributed by atoms with Crippen LogP contribution in [0.5, 0.6) is 0 Å². The number of ether oxygens (including phenoxy) is 1. The Hall–Kier alpha value is -3.63. The summed E-state index contributed by atoms with van der Waals surface area (Å²) >= 11 is 0. The molecule has 11 heteroatoms. The number of carbonyl (C=O) groups is 5. The van der Waals surface area contributed by atoms with E-state index in [0.717, 1.165) is 18.4 Å². The van der Waals surface area contributed by atoms with E-state index >= 15 is 0 Å². The van der Waals surface area contributed by atoms with Crippen molar-refractivity contribution in [3.05, 3.63) is 35.9 Å². The van der Waals surface area contributed by atoms with Crippen molar-refractivity contribution >= 4 is 30.2 Å². The van der Waals surface area contributed by atoms with Crippen molar-refractivity contribution in [3.63, 3.8) is 0 Å². The van der Waals surface area contributed by atoms with Gasteiger partial charge in [-0.3, -0.25) is 9.59 Å². The lowest BCUT2D eigenvalue weighted by Crippen LogP contribution is -2.56. The van der Waals surface area contributed by atoms with Gasteiger partial charge in [0.05, 0.1) is 12.6 Å². The maximum Gasteiger partial charge on any atom is 0.409 e. The average molecular weight is 586 g/mol. The normalized spacial score (nSPS) is 18.6. The van der Waals surface area contributed by atoms with Gasteiger partial charge in [-0.15, -0.1) is 0 Å². The summed E-state index contributed by atoms with van der Waals surface area (Å²) in [5.41, 5.74) is 0.953. The molecule has 5 amide bonds. The molecule has 0 unspecified atom stereocenters. The summed E-state index contributed by atoms with van der Waals surface area (Å²) in [6.07, 6.45) is 4.49. The fourth-order valence-electron chi connectivity index (χ4n) is 5.45. The van der Waals surface area contributed by atoms with E-state index in [0.29, 0.717) is 64.8 Å². The highest BCUT2D eigenvalue weighted by Gasteiger charge is 2.34. The van der Waals surface area contributed by atoms with E-state index in [4.69, 9.17) is 4.74 Å². The molecule has 0 saturated carbocycles. The molecule has 1 aromatic rings. The lowest BCUT2D eigenvalue weighted by atomic mass is 9.98. The fourth-order valence-corrected chi connectivity index (χ4v) is 5.45. The van der Waals surface area contributed by atoms with Gasteiger partial charge in [0, 0.05) is 38.1 Å². The van der Waals surface area contributed by atoms with E-state index in [1.807, 2.05) is 51.1 Å². The van der Waals surface area contributed by atoms with E-state index in [9.17, 15) is 24.0 Å². The number of urea groups is 1. The van der Waals surface area contributed by atoms with E-state index in [2.05, 4.69) is 16.0 Å². The molecule has 2 aliphatic rings. The number of aldehydes is 1. The molecule has 3 rings (SSSR count). The van der Waals surface area contributed by atoms with Gasteiger partial charge in [0.1, 0.15) is 12.3 Å². The molecule has 2 heterocycles. The quantitative estimate of drug-likeness (QED) is 0.227. The summed E-state index contributed by atoms with van der Waals surface area (Å²) in [4.78, 5) is 66.9. The Morgan fingerprint density at radius 3 is 2.43 bits per heavy atom. The summed E-state index contributed by atoms with van der Waals surface area (Å²) in [5.74, 6) is -0.785.